The number of benzene rings is 3. The van der Waals surface area contributed by atoms with Gasteiger partial charge in [0.1, 0.15) is 0 Å². The number of anilines is 2. The molecule has 1 aliphatic heterocycles. The molecular formula is C27H25N5O3. The fourth-order valence-corrected chi connectivity index (χ4v) is 4.08. The second-order valence-corrected chi connectivity index (χ2v) is 8.36. The SMILES string of the molecule is Cc1nc(-c2ccc(N3CCN(C(=O)c4ccc(NC(=O)c5ccccc5)cc4)CC3)cc2)no1. The molecule has 35 heavy (non-hydrogen) atoms. The van der Waals surface area contributed by atoms with Crippen LogP contribution in [-0.4, -0.2) is 53.0 Å². The molecule has 1 saturated heterocycles. The molecule has 2 amide bonds. The van der Waals surface area contributed by atoms with Gasteiger partial charge in [0.2, 0.25) is 11.7 Å². The lowest BCUT2D eigenvalue weighted by molar-refractivity contribution is 0.0746. The first kappa shape index (κ1) is 22.3. The molecule has 0 atom stereocenters. The summed E-state index contributed by atoms with van der Waals surface area (Å²) in [7, 11) is 0. The maximum atomic E-state index is 13.0. The van der Waals surface area contributed by atoms with Crippen molar-refractivity contribution in [3.05, 3.63) is 95.9 Å². The number of nitrogens with one attached hydrogen (secondary N) is 1. The molecule has 5 rings (SSSR count). The molecule has 1 N–H and O–H groups in total. The summed E-state index contributed by atoms with van der Waals surface area (Å²) in [6.07, 6.45) is 0. The average Bonchev–Trinajstić information content (AvgIpc) is 3.35. The quantitative estimate of drug-likeness (QED) is 0.472. The van der Waals surface area contributed by atoms with Crippen LogP contribution < -0.4 is 10.2 Å². The first-order valence-electron chi connectivity index (χ1n) is 11.5. The lowest BCUT2D eigenvalue weighted by Crippen LogP contribution is -2.48. The number of nitrogens with zero attached hydrogens (tertiary/aromatic N) is 4. The number of piperazine rings is 1. The molecule has 8 nitrogen and oxygen atoms in total. The van der Waals surface area contributed by atoms with Crippen LogP contribution in [0.25, 0.3) is 11.4 Å². The summed E-state index contributed by atoms with van der Waals surface area (Å²) in [5, 5.41) is 6.81. The van der Waals surface area contributed by atoms with E-state index >= 15 is 0 Å². The highest BCUT2D eigenvalue weighted by Gasteiger charge is 2.22. The number of amides is 2. The Morgan fingerprint density at radius 3 is 2.14 bits per heavy atom. The molecule has 0 spiro atoms. The summed E-state index contributed by atoms with van der Waals surface area (Å²) in [5.74, 6) is 0.932. The van der Waals surface area contributed by atoms with E-state index in [0.29, 0.717) is 41.6 Å². The van der Waals surface area contributed by atoms with Crippen molar-refractivity contribution in [2.45, 2.75) is 6.92 Å². The van der Waals surface area contributed by atoms with Crippen LogP contribution in [0, 0.1) is 6.92 Å². The monoisotopic (exact) mass is 467 g/mol. The number of rotatable bonds is 5. The number of carbonyl (C=O) groups is 2. The zero-order valence-corrected chi connectivity index (χ0v) is 19.3. The van der Waals surface area contributed by atoms with E-state index in [-0.39, 0.29) is 11.8 Å². The van der Waals surface area contributed by atoms with E-state index in [0.717, 1.165) is 24.3 Å². The Morgan fingerprint density at radius 2 is 1.51 bits per heavy atom. The second kappa shape index (κ2) is 9.80. The van der Waals surface area contributed by atoms with Crippen LogP contribution in [0.1, 0.15) is 26.6 Å². The van der Waals surface area contributed by atoms with Gasteiger partial charge in [0.05, 0.1) is 0 Å². The van der Waals surface area contributed by atoms with Crippen molar-refractivity contribution in [3.63, 3.8) is 0 Å². The minimum Gasteiger partial charge on any atom is -0.368 e. The van der Waals surface area contributed by atoms with Gasteiger partial charge in [-0.2, -0.15) is 4.98 Å². The third-order valence-corrected chi connectivity index (χ3v) is 6.01. The van der Waals surface area contributed by atoms with E-state index in [2.05, 4.69) is 20.4 Å². The Morgan fingerprint density at radius 1 is 0.829 bits per heavy atom. The molecule has 0 unspecified atom stereocenters. The number of hydrogen-bond acceptors (Lipinski definition) is 6. The molecule has 0 radical (unpaired) electrons. The van der Waals surface area contributed by atoms with Crippen molar-refractivity contribution >= 4 is 23.2 Å². The largest absolute Gasteiger partial charge is 0.368 e. The van der Waals surface area contributed by atoms with Crippen LogP contribution in [0.3, 0.4) is 0 Å². The van der Waals surface area contributed by atoms with Gasteiger partial charge in [-0.3, -0.25) is 9.59 Å². The van der Waals surface area contributed by atoms with Crippen LogP contribution in [0.4, 0.5) is 11.4 Å². The summed E-state index contributed by atoms with van der Waals surface area (Å²) in [4.78, 5) is 33.7. The first-order valence-corrected chi connectivity index (χ1v) is 11.5. The normalized spacial score (nSPS) is 13.5. The summed E-state index contributed by atoms with van der Waals surface area (Å²) in [6.45, 7) is 4.54. The molecule has 1 aromatic heterocycles. The molecule has 3 aromatic carbocycles. The maximum absolute atomic E-state index is 13.0. The van der Waals surface area contributed by atoms with Gasteiger partial charge in [0, 0.05) is 61.2 Å². The van der Waals surface area contributed by atoms with Gasteiger partial charge >= 0.3 is 0 Å². The molecule has 1 aliphatic rings. The van der Waals surface area contributed by atoms with Crippen LogP contribution >= 0.6 is 0 Å². The topological polar surface area (TPSA) is 91.6 Å². The average molecular weight is 468 g/mol. The molecule has 0 bridgehead atoms. The zero-order chi connectivity index (χ0) is 24.2. The Labute approximate surface area is 203 Å². The molecular weight excluding hydrogens is 442 g/mol. The minimum atomic E-state index is -0.179. The third-order valence-electron chi connectivity index (χ3n) is 6.01. The van der Waals surface area contributed by atoms with E-state index in [1.165, 1.54) is 0 Å². The molecule has 8 heteroatoms. The lowest BCUT2D eigenvalue weighted by atomic mass is 10.1. The second-order valence-electron chi connectivity index (χ2n) is 8.36. The zero-order valence-electron chi connectivity index (χ0n) is 19.3. The number of carbonyl (C=O) groups excluding carboxylic acids is 2. The van der Waals surface area contributed by atoms with E-state index in [1.807, 2.05) is 47.4 Å². The van der Waals surface area contributed by atoms with E-state index in [9.17, 15) is 9.59 Å². The maximum Gasteiger partial charge on any atom is 0.255 e. The lowest BCUT2D eigenvalue weighted by Gasteiger charge is -2.36. The van der Waals surface area contributed by atoms with Crippen LogP contribution in [-0.2, 0) is 0 Å². The van der Waals surface area contributed by atoms with Crippen LogP contribution in [0.5, 0.6) is 0 Å². The third kappa shape index (κ3) is 5.06. The summed E-state index contributed by atoms with van der Waals surface area (Å²) in [6, 6.07) is 24.1. The van der Waals surface area contributed by atoms with Crippen molar-refractivity contribution in [3.8, 4) is 11.4 Å². The van der Waals surface area contributed by atoms with Crippen molar-refractivity contribution in [2.24, 2.45) is 0 Å². The van der Waals surface area contributed by atoms with Gasteiger partial charge in [-0.1, -0.05) is 23.4 Å². The highest BCUT2D eigenvalue weighted by Crippen LogP contribution is 2.23. The fraction of sp³-hybridized carbons (Fsp3) is 0.185. The molecule has 2 heterocycles. The van der Waals surface area contributed by atoms with E-state index in [1.54, 1.807) is 43.3 Å². The van der Waals surface area contributed by atoms with E-state index < -0.39 is 0 Å². The Bertz CT molecular complexity index is 1310. The Kier molecular flexibility index (Phi) is 6.26. The number of hydrogen-bond donors (Lipinski definition) is 1. The predicted octanol–water partition coefficient (Wildman–Crippen LogP) is 4.26. The van der Waals surface area contributed by atoms with Gasteiger partial charge in [-0.05, 0) is 60.7 Å². The fourth-order valence-electron chi connectivity index (χ4n) is 4.08. The molecule has 176 valence electrons. The van der Waals surface area contributed by atoms with Crippen molar-refractivity contribution in [1.82, 2.24) is 15.0 Å². The Balaban J connectivity index is 1.16. The highest BCUT2D eigenvalue weighted by atomic mass is 16.5. The minimum absolute atomic E-state index is 0.00610. The smallest absolute Gasteiger partial charge is 0.255 e. The standard InChI is InChI=1S/C27H25N5O3/c1-19-28-25(30-35-19)20-9-13-24(14-10-20)31-15-17-32(18-16-31)27(34)22-7-11-23(12-8-22)29-26(33)21-5-3-2-4-6-21/h2-14H,15-18H2,1H3,(H,29,33). The van der Waals surface area contributed by atoms with E-state index in [4.69, 9.17) is 4.52 Å². The van der Waals surface area contributed by atoms with Crippen LogP contribution in [0.15, 0.2) is 83.4 Å². The van der Waals surface area contributed by atoms with Crippen molar-refractivity contribution < 1.29 is 14.1 Å². The number of aromatic nitrogens is 2. The summed E-state index contributed by atoms with van der Waals surface area (Å²) >= 11 is 0. The van der Waals surface area contributed by atoms with Gasteiger partial charge in [0.25, 0.3) is 11.8 Å². The number of aryl methyl sites for hydroxylation is 1. The summed E-state index contributed by atoms with van der Waals surface area (Å²) in [5.41, 5.74) is 3.85. The van der Waals surface area contributed by atoms with Gasteiger partial charge < -0.3 is 19.6 Å². The predicted molar refractivity (Wildman–Crippen MR) is 133 cm³/mol. The van der Waals surface area contributed by atoms with Crippen LogP contribution in [0.2, 0.25) is 0 Å². The molecule has 0 saturated carbocycles. The van der Waals surface area contributed by atoms with Crippen molar-refractivity contribution in [1.29, 1.82) is 0 Å². The molecule has 1 fully saturated rings. The van der Waals surface area contributed by atoms with Gasteiger partial charge in [-0.15, -0.1) is 0 Å². The van der Waals surface area contributed by atoms with Gasteiger partial charge in [-0.25, -0.2) is 0 Å². The summed E-state index contributed by atoms with van der Waals surface area (Å²) < 4.78 is 5.05. The van der Waals surface area contributed by atoms with Crippen molar-refractivity contribution in [2.75, 3.05) is 36.4 Å². The highest BCUT2D eigenvalue weighted by molar-refractivity contribution is 6.04. The first-order chi connectivity index (χ1) is 17.1. The molecule has 0 aliphatic carbocycles. The van der Waals surface area contributed by atoms with Gasteiger partial charge in [0.15, 0.2) is 0 Å². The Hall–Kier alpha value is -4.46. The molecule has 4 aromatic rings.